The largest absolute Gasteiger partial charge is 0.485 e. The fourth-order valence-corrected chi connectivity index (χ4v) is 4.73. The van der Waals surface area contributed by atoms with Gasteiger partial charge in [-0.2, -0.15) is 8.42 Å². The Hall–Kier alpha value is -1.12. The van der Waals surface area contributed by atoms with Crippen LogP contribution in [0.15, 0.2) is 27.7 Å². The summed E-state index contributed by atoms with van der Waals surface area (Å²) in [6.45, 7) is 4.53. The summed E-state index contributed by atoms with van der Waals surface area (Å²) in [5.41, 5.74) is 0.0983. The van der Waals surface area contributed by atoms with Crippen LogP contribution in [-0.4, -0.2) is 50.7 Å². The van der Waals surface area contributed by atoms with Crippen LogP contribution < -0.4 is 4.74 Å². The second kappa shape index (κ2) is 6.55. The number of hydrogen-bond donors (Lipinski definition) is 0. The summed E-state index contributed by atoms with van der Waals surface area (Å²) >= 11 is 3.51. The average molecular weight is 431 g/mol. The molecule has 138 valence electrons. The Bertz CT molecular complexity index is 807. The lowest BCUT2D eigenvalue weighted by Gasteiger charge is -2.47. The predicted octanol–water partition coefficient (Wildman–Crippen LogP) is 3.13. The third-order valence-electron chi connectivity index (χ3n) is 4.64. The lowest BCUT2D eigenvalue weighted by molar-refractivity contribution is -0.0628. The highest BCUT2D eigenvalue weighted by atomic mass is 79.9. The maximum absolute atomic E-state index is 11.9. The zero-order chi connectivity index (χ0) is 18.4. The topological polar surface area (TPSA) is 68.2 Å². The van der Waals surface area contributed by atoms with Crippen molar-refractivity contribution in [2.75, 3.05) is 19.8 Å². The molecule has 1 saturated heterocycles. The third kappa shape index (κ3) is 3.71. The van der Waals surface area contributed by atoms with Gasteiger partial charge in [-0.25, -0.2) is 0 Å². The van der Waals surface area contributed by atoms with E-state index >= 15 is 0 Å². The summed E-state index contributed by atoms with van der Waals surface area (Å²) < 4.78 is 36.5. The van der Waals surface area contributed by atoms with Gasteiger partial charge >= 0.3 is 0 Å². The molecule has 2 atom stereocenters. The van der Waals surface area contributed by atoms with E-state index in [1.54, 1.807) is 7.05 Å². The molecule has 0 aromatic heterocycles. The molecule has 8 heteroatoms. The molecule has 1 fully saturated rings. The molecule has 1 aromatic carbocycles. The van der Waals surface area contributed by atoms with E-state index in [1.807, 2.05) is 32.0 Å². The Labute approximate surface area is 157 Å². The number of likely N-dealkylation sites (tertiary alicyclic amines) is 1. The van der Waals surface area contributed by atoms with Crippen LogP contribution >= 0.6 is 15.9 Å². The van der Waals surface area contributed by atoms with Gasteiger partial charge in [0.2, 0.25) is 0 Å². The van der Waals surface area contributed by atoms with Crippen LogP contribution in [0, 0.1) is 0 Å². The van der Waals surface area contributed by atoms with Gasteiger partial charge in [0.15, 0.2) is 0 Å². The van der Waals surface area contributed by atoms with E-state index in [0.29, 0.717) is 0 Å². The maximum atomic E-state index is 11.9. The summed E-state index contributed by atoms with van der Waals surface area (Å²) in [5, 5.41) is 0. The Balaban J connectivity index is 2.17. The van der Waals surface area contributed by atoms with E-state index in [-0.39, 0.29) is 6.04 Å². The molecule has 6 nitrogen and oxygen atoms in total. The van der Waals surface area contributed by atoms with Gasteiger partial charge in [-0.3, -0.25) is 9.18 Å². The third-order valence-corrected chi connectivity index (χ3v) is 5.69. The molecule has 0 bridgehead atoms. The Kier molecular flexibility index (Phi) is 4.89. The summed E-state index contributed by atoms with van der Waals surface area (Å²) in [7, 11) is -1.88. The second-order valence-electron chi connectivity index (χ2n) is 6.99. The summed E-state index contributed by atoms with van der Waals surface area (Å²) in [4.78, 5) is 6.56. The van der Waals surface area contributed by atoms with Gasteiger partial charge < -0.3 is 9.64 Å². The summed E-state index contributed by atoms with van der Waals surface area (Å²) in [6.07, 6.45) is 2.26. The van der Waals surface area contributed by atoms with Crippen molar-refractivity contribution in [3.8, 4) is 5.75 Å². The Morgan fingerprint density at radius 2 is 2.12 bits per heavy atom. The minimum absolute atomic E-state index is 0.285. The van der Waals surface area contributed by atoms with Crippen LogP contribution in [0.25, 0.3) is 0 Å². The molecule has 2 heterocycles. The Morgan fingerprint density at radius 1 is 1.40 bits per heavy atom. The predicted molar refractivity (Wildman–Crippen MR) is 101 cm³/mol. The smallest absolute Gasteiger partial charge is 0.264 e. The van der Waals surface area contributed by atoms with E-state index in [0.717, 1.165) is 47.3 Å². The highest BCUT2D eigenvalue weighted by molar-refractivity contribution is 9.10. The van der Waals surface area contributed by atoms with Crippen molar-refractivity contribution in [1.82, 2.24) is 4.90 Å². The molecule has 3 rings (SSSR count). The van der Waals surface area contributed by atoms with Crippen molar-refractivity contribution in [3.63, 3.8) is 0 Å². The van der Waals surface area contributed by atoms with Crippen LogP contribution in [0.3, 0.4) is 0 Å². The molecule has 0 N–H and O–H groups in total. The molecule has 1 aromatic rings. The number of halogens is 1. The first kappa shape index (κ1) is 18.7. The molecule has 0 spiro atoms. The first-order valence-corrected chi connectivity index (χ1v) is 10.8. The van der Waals surface area contributed by atoms with Crippen molar-refractivity contribution in [3.05, 3.63) is 28.2 Å². The zero-order valence-corrected chi connectivity index (χ0v) is 17.2. The summed E-state index contributed by atoms with van der Waals surface area (Å²) in [6, 6.07) is 5.51. The van der Waals surface area contributed by atoms with Crippen LogP contribution in [0.5, 0.6) is 5.75 Å². The minimum atomic E-state index is -3.65. The SMILES string of the molecule is CN=C1CCCN1[C@@H]1c2cc(Br)ccc2OC(C)(C)[C@H]1OS(C)(=O)=O. The van der Waals surface area contributed by atoms with Gasteiger partial charge in [-0.15, -0.1) is 0 Å². The molecule has 0 radical (unpaired) electrons. The number of hydrogen-bond acceptors (Lipinski definition) is 5. The lowest BCUT2D eigenvalue weighted by atomic mass is 9.85. The highest BCUT2D eigenvalue weighted by Crippen LogP contribution is 2.46. The van der Waals surface area contributed by atoms with Gasteiger partial charge in [0.05, 0.1) is 18.1 Å². The quantitative estimate of drug-likeness (QED) is 0.688. The normalized spacial score (nSPS) is 27.2. The van der Waals surface area contributed by atoms with Crippen molar-refractivity contribution in [1.29, 1.82) is 0 Å². The fraction of sp³-hybridized carbons (Fsp3) is 0.588. The van der Waals surface area contributed by atoms with Crippen LogP contribution in [0.1, 0.15) is 38.3 Å². The Morgan fingerprint density at radius 3 is 2.76 bits per heavy atom. The molecule has 0 saturated carbocycles. The fourth-order valence-electron chi connectivity index (χ4n) is 3.64. The standard InChI is InChI=1S/C17H23BrN2O4S/c1-17(2)16(24-25(4,21)22)15(20-9-5-6-14(20)19-3)12-10-11(18)7-8-13(12)23-17/h7-8,10,15-16H,5-6,9H2,1-4H3/t15-,16+/m1/s1. The van der Waals surface area contributed by atoms with E-state index in [4.69, 9.17) is 8.92 Å². The summed E-state index contributed by atoms with van der Waals surface area (Å²) in [5.74, 6) is 1.71. The first-order chi connectivity index (χ1) is 11.6. The van der Waals surface area contributed by atoms with Crippen molar-refractivity contribution in [2.45, 2.75) is 44.4 Å². The van der Waals surface area contributed by atoms with Crippen molar-refractivity contribution >= 4 is 31.9 Å². The van der Waals surface area contributed by atoms with Gasteiger partial charge in [0.25, 0.3) is 10.1 Å². The molecule has 25 heavy (non-hydrogen) atoms. The van der Waals surface area contributed by atoms with E-state index in [1.165, 1.54) is 0 Å². The number of ether oxygens (including phenoxy) is 1. The average Bonchev–Trinajstić information content (AvgIpc) is 2.95. The van der Waals surface area contributed by atoms with Gasteiger partial charge in [0.1, 0.15) is 17.5 Å². The first-order valence-electron chi connectivity index (χ1n) is 8.21. The highest BCUT2D eigenvalue weighted by Gasteiger charge is 2.50. The molecule has 0 aliphatic carbocycles. The van der Waals surface area contributed by atoms with Gasteiger partial charge in [-0.1, -0.05) is 15.9 Å². The van der Waals surface area contributed by atoms with E-state index in [2.05, 4.69) is 25.8 Å². The number of aliphatic imine (C=N–C) groups is 1. The lowest BCUT2D eigenvalue weighted by Crippen LogP contribution is -2.55. The number of fused-ring (bicyclic) bond motifs is 1. The molecule has 2 aliphatic heterocycles. The number of rotatable bonds is 3. The minimum Gasteiger partial charge on any atom is -0.485 e. The molecule has 0 amide bonds. The van der Waals surface area contributed by atoms with Crippen LogP contribution in [0.2, 0.25) is 0 Å². The van der Waals surface area contributed by atoms with Gasteiger partial charge in [-0.05, 0) is 38.5 Å². The molecular formula is C17H23BrN2O4S. The van der Waals surface area contributed by atoms with Gasteiger partial charge in [0, 0.05) is 30.0 Å². The van der Waals surface area contributed by atoms with Crippen molar-refractivity contribution < 1.29 is 17.3 Å². The second-order valence-corrected chi connectivity index (χ2v) is 9.51. The van der Waals surface area contributed by atoms with Crippen molar-refractivity contribution in [2.24, 2.45) is 4.99 Å². The van der Waals surface area contributed by atoms with E-state index < -0.39 is 21.8 Å². The monoisotopic (exact) mass is 430 g/mol. The number of amidine groups is 1. The number of benzene rings is 1. The molecular weight excluding hydrogens is 408 g/mol. The maximum Gasteiger partial charge on any atom is 0.264 e. The molecule has 2 aliphatic rings. The number of nitrogens with zero attached hydrogens (tertiary/aromatic N) is 2. The van der Waals surface area contributed by atoms with Crippen LogP contribution in [0.4, 0.5) is 0 Å². The zero-order valence-electron chi connectivity index (χ0n) is 14.8. The van der Waals surface area contributed by atoms with Crippen LogP contribution in [-0.2, 0) is 14.3 Å². The molecule has 0 unspecified atom stereocenters. The van der Waals surface area contributed by atoms with E-state index in [9.17, 15) is 8.42 Å².